The van der Waals surface area contributed by atoms with Gasteiger partial charge in [0.15, 0.2) is 0 Å². The van der Waals surface area contributed by atoms with Crippen molar-refractivity contribution in [2.75, 3.05) is 32.7 Å². The normalized spacial score (nSPS) is 25.4. The molecule has 0 N–H and O–H groups in total. The summed E-state index contributed by atoms with van der Waals surface area (Å²) in [6, 6.07) is 0. The number of rotatable bonds is 4. The molecule has 2 aliphatic rings. The van der Waals surface area contributed by atoms with Gasteiger partial charge < -0.3 is 9.80 Å². The summed E-state index contributed by atoms with van der Waals surface area (Å²) in [7, 11) is 0. The first-order valence-electron chi connectivity index (χ1n) is 7.71. The Morgan fingerprint density at radius 2 is 1.85 bits per heavy atom. The molecule has 5 heteroatoms. The molecule has 1 amide bonds. The van der Waals surface area contributed by atoms with Gasteiger partial charge in [0.2, 0.25) is 5.91 Å². The van der Waals surface area contributed by atoms with Crippen LogP contribution in [0.3, 0.4) is 0 Å². The molecular formula is C15H26F2N2O. The zero-order chi connectivity index (χ0) is 14.8. The van der Waals surface area contributed by atoms with E-state index in [-0.39, 0.29) is 0 Å². The first kappa shape index (κ1) is 15.7. The Kier molecular flexibility index (Phi) is 4.99. The van der Waals surface area contributed by atoms with Gasteiger partial charge in [-0.1, -0.05) is 6.42 Å². The Labute approximate surface area is 120 Å². The van der Waals surface area contributed by atoms with Crippen LogP contribution in [-0.2, 0) is 4.79 Å². The number of hydrogen-bond donors (Lipinski definition) is 0. The van der Waals surface area contributed by atoms with Gasteiger partial charge in [-0.25, -0.2) is 8.78 Å². The molecule has 0 aromatic carbocycles. The maximum absolute atomic E-state index is 12.9. The second kappa shape index (κ2) is 6.37. The van der Waals surface area contributed by atoms with Crippen molar-refractivity contribution in [2.45, 2.75) is 46.0 Å². The Bertz CT molecular complexity index is 341. The van der Waals surface area contributed by atoms with Crippen molar-refractivity contribution in [1.82, 2.24) is 9.80 Å². The number of carbonyl (C=O) groups excluding carboxylic acids is 1. The number of halogens is 2. The van der Waals surface area contributed by atoms with E-state index in [9.17, 15) is 13.6 Å². The number of nitrogens with zero attached hydrogens (tertiary/aromatic N) is 2. The van der Waals surface area contributed by atoms with Gasteiger partial charge in [0.1, 0.15) is 5.41 Å². The standard InChI is InChI=1S/C15H26F2N2O/c1-15(2,13(16)17)14(20)19-9-6-12(11-19)10-18-7-4-3-5-8-18/h12-13H,3-11H2,1-2H3. The fraction of sp³-hybridized carbons (Fsp3) is 0.933. The van der Waals surface area contributed by atoms with E-state index in [1.54, 1.807) is 4.90 Å². The number of alkyl halides is 2. The maximum atomic E-state index is 12.9. The Morgan fingerprint density at radius 3 is 2.45 bits per heavy atom. The van der Waals surface area contributed by atoms with Crippen LogP contribution in [-0.4, -0.2) is 54.9 Å². The van der Waals surface area contributed by atoms with Crippen LogP contribution in [0.25, 0.3) is 0 Å². The number of amides is 1. The van der Waals surface area contributed by atoms with Crippen LogP contribution in [0.5, 0.6) is 0 Å². The Balaban J connectivity index is 1.84. The lowest BCUT2D eigenvalue weighted by Crippen LogP contribution is -2.44. The van der Waals surface area contributed by atoms with E-state index in [2.05, 4.69) is 4.90 Å². The molecule has 2 heterocycles. The number of carbonyl (C=O) groups is 1. The quantitative estimate of drug-likeness (QED) is 0.794. The summed E-state index contributed by atoms with van der Waals surface area (Å²) >= 11 is 0. The minimum Gasteiger partial charge on any atom is -0.342 e. The highest BCUT2D eigenvalue weighted by Gasteiger charge is 2.42. The second-order valence-electron chi connectivity index (χ2n) is 6.79. The van der Waals surface area contributed by atoms with Crippen LogP contribution in [0.4, 0.5) is 8.78 Å². The molecule has 20 heavy (non-hydrogen) atoms. The minimum atomic E-state index is -2.60. The lowest BCUT2D eigenvalue weighted by molar-refractivity contribution is -0.147. The molecule has 0 aromatic heterocycles. The molecule has 0 bridgehead atoms. The molecule has 2 aliphatic heterocycles. The molecule has 3 nitrogen and oxygen atoms in total. The summed E-state index contributed by atoms with van der Waals surface area (Å²) in [6.07, 6.45) is 2.17. The van der Waals surface area contributed by atoms with E-state index in [0.717, 1.165) is 26.1 Å². The molecule has 1 atom stereocenters. The van der Waals surface area contributed by atoms with Gasteiger partial charge in [0.25, 0.3) is 6.43 Å². The molecule has 0 aromatic rings. The average molecular weight is 288 g/mol. The maximum Gasteiger partial charge on any atom is 0.252 e. The molecule has 0 saturated carbocycles. The third-order valence-corrected chi connectivity index (χ3v) is 4.63. The van der Waals surface area contributed by atoms with E-state index < -0.39 is 17.7 Å². The van der Waals surface area contributed by atoms with Crippen molar-refractivity contribution < 1.29 is 13.6 Å². The summed E-state index contributed by atoms with van der Waals surface area (Å²) in [4.78, 5) is 16.3. The van der Waals surface area contributed by atoms with E-state index in [1.807, 2.05) is 0 Å². The first-order chi connectivity index (χ1) is 9.41. The predicted octanol–water partition coefficient (Wildman–Crippen LogP) is 2.61. The van der Waals surface area contributed by atoms with E-state index >= 15 is 0 Å². The van der Waals surface area contributed by atoms with Gasteiger partial charge in [0.05, 0.1) is 0 Å². The highest BCUT2D eigenvalue weighted by Crippen LogP contribution is 2.30. The predicted molar refractivity (Wildman–Crippen MR) is 74.8 cm³/mol. The SMILES string of the molecule is CC(C)(C(=O)N1CCC(CN2CCCCC2)C1)C(F)F. The van der Waals surface area contributed by atoms with E-state index in [0.29, 0.717) is 19.0 Å². The molecular weight excluding hydrogens is 262 g/mol. The van der Waals surface area contributed by atoms with Crippen LogP contribution in [0.1, 0.15) is 39.5 Å². The first-order valence-corrected chi connectivity index (χ1v) is 7.71. The highest BCUT2D eigenvalue weighted by molar-refractivity contribution is 5.82. The van der Waals surface area contributed by atoms with Gasteiger partial charge in [0, 0.05) is 19.6 Å². The van der Waals surface area contributed by atoms with Crippen molar-refractivity contribution in [2.24, 2.45) is 11.3 Å². The molecule has 116 valence electrons. The molecule has 0 spiro atoms. The fourth-order valence-corrected chi connectivity index (χ4v) is 3.17. The molecule has 1 unspecified atom stereocenters. The fourth-order valence-electron chi connectivity index (χ4n) is 3.17. The lowest BCUT2D eigenvalue weighted by Gasteiger charge is -2.30. The van der Waals surface area contributed by atoms with Crippen LogP contribution >= 0.6 is 0 Å². The van der Waals surface area contributed by atoms with Crippen molar-refractivity contribution in [3.8, 4) is 0 Å². The number of hydrogen-bond acceptors (Lipinski definition) is 2. The summed E-state index contributed by atoms with van der Waals surface area (Å²) in [6.45, 7) is 7.27. The van der Waals surface area contributed by atoms with E-state index in [4.69, 9.17) is 0 Å². The molecule has 0 aliphatic carbocycles. The third-order valence-electron chi connectivity index (χ3n) is 4.63. The zero-order valence-corrected chi connectivity index (χ0v) is 12.6. The molecule has 0 radical (unpaired) electrons. The average Bonchev–Trinajstić information content (AvgIpc) is 2.87. The largest absolute Gasteiger partial charge is 0.342 e. The summed E-state index contributed by atoms with van der Waals surface area (Å²) in [5, 5.41) is 0. The lowest BCUT2D eigenvalue weighted by atomic mass is 9.92. The minimum absolute atomic E-state index is 0.395. The second-order valence-corrected chi connectivity index (χ2v) is 6.79. The number of piperidine rings is 1. The van der Waals surface area contributed by atoms with Gasteiger partial charge in [-0.2, -0.15) is 0 Å². The van der Waals surface area contributed by atoms with Crippen LogP contribution in [0, 0.1) is 11.3 Å². The smallest absolute Gasteiger partial charge is 0.252 e. The summed E-state index contributed by atoms with van der Waals surface area (Å²) in [5.74, 6) is 0.0548. The van der Waals surface area contributed by atoms with Crippen LogP contribution < -0.4 is 0 Å². The van der Waals surface area contributed by atoms with Gasteiger partial charge in [-0.3, -0.25) is 4.79 Å². The Hall–Kier alpha value is -0.710. The zero-order valence-electron chi connectivity index (χ0n) is 12.6. The topological polar surface area (TPSA) is 23.6 Å². The van der Waals surface area contributed by atoms with E-state index in [1.165, 1.54) is 33.1 Å². The monoisotopic (exact) mass is 288 g/mol. The van der Waals surface area contributed by atoms with Crippen LogP contribution in [0.15, 0.2) is 0 Å². The highest BCUT2D eigenvalue weighted by atomic mass is 19.3. The van der Waals surface area contributed by atoms with Crippen molar-refractivity contribution in [3.05, 3.63) is 0 Å². The number of likely N-dealkylation sites (tertiary alicyclic amines) is 2. The molecule has 2 rings (SSSR count). The van der Waals surface area contributed by atoms with Crippen LogP contribution in [0.2, 0.25) is 0 Å². The van der Waals surface area contributed by atoms with Gasteiger partial charge in [-0.15, -0.1) is 0 Å². The van der Waals surface area contributed by atoms with Gasteiger partial charge >= 0.3 is 0 Å². The molecule has 2 saturated heterocycles. The van der Waals surface area contributed by atoms with Crippen molar-refractivity contribution in [1.29, 1.82) is 0 Å². The summed E-state index contributed by atoms with van der Waals surface area (Å²) < 4.78 is 25.9. The Morgan fingerprint density at radius 1 is 1.20 bits per heavy atom. The third kappa shape index (κ3) is 3.48. The molecule has 2 fully saturated rings. The van der Waals surface area contributed by atoms with Crippen molar-refractivity contribution >= 4 is 5.91 Å². The van der Waals surface area contributed by atoms with Crippen molar-refractivity contribution in [3.63, 3.8) is 0 Å². The summed E-state index contributed by atoms with van der Waals surface area (Å²) in [5.41, 5.74) is -1.56. The van der Waals surface area contributed by atoms with Gasteiger partial charge in [-0.05, 0) is 52.1 Å².